The number of rotatable bonds is 4. The predicted molar refractivity (Wildman–Crippen MR) is 76.5 cm³/mol. The molecule has 0 aromatic heterocycles. The average Bonchev–Trinajstić information content (AvgIpc) is 2.48. The summed E-state index contributed by atoms with van der Waals surface area (Å²) in [6.45, 7) is 0. The molecular weight excluding hydrogens is 252 g/mol. The summed E-state index contributed by atoms with van der Waals surface area (Å²) in [4.78, 5) is 12.0. The number of hydrogen-bond acceptors (Lipinski definition) is 3. The van der Waals surface area contributed by atoms with E-state index in [1.165, 1.54) is 0 Å². The minimum atomic E-state index is -0.149. The largest absolute Gasteiger partial charge is 0.496 e. The zero-order valence-corrected chi connectivity index (χ0v) is 11.1. The third kappa shape index (κ3) is 3.36. The summed E-state index contributed by atoms with van der Waals surface area (Å²) in [5.74, 6) is 0.540. The van der Waals surface area contributed by atoms with E-state index in [0.717, 1.165) is 5.56 Å². The minimum absolute atomic E-state index is 0.149. The lowest BCUT2D eigenvalue weighted by Gasteiger charge is -2.09. The van der Waals surface area contributed by atoms with Crippen molar-refractivity contribution in [3.63, 3.8) is 0 Å². The topological polar surface area (TPSA) is 62.1 Å². The highest BCUT2D eigenvalue weighted by atomic mass is 16.5. The summed E-state index contributed by atoms with van der Waals surface area (Å²) >= 11 is 0. The molecule has 4 heteroatoms. The first kappa shape index (κ1) is 13.6. The normalized spacial score (nSPS) is 9.60. The molecule has 100 valence electrons. The van der Waals surface area contributed by atoms with Gasteiger partial charge in [0.25, 0.3) is 0 Å². The maximum atomic E-state index is 12.0. The van der Waals surface area contributed by atoms with Crippen molar-refractivity contribution < 1.29 is 9.53 Å². The Balaban J connectivity index is 2.07. The van der Waals surface area contributed by atoms with Gasteiger partial charge in [-0.25, -0.2) is 0 Å². The first-order valence-corrected chi connectivity index (χ1v) is 6.15. The van der Waals surface area contributed by atoms with Gasteiger partial charge in [-0.15, -0.1) is 0 Å². The Hall–Kier alpha value is -2.80. The Morgan fingerprint density at radius 1 is 1.25 bits per heavy atom. The van der Waals surface area contributed by atoms with Gasteiger partial charge in [0.05, 0.1) is 25.2 Å². The van der Waals surface area contributed by atoms with Gasteiger partial charge in [0, 0.05) is 11.3 Å². The van der Waals surface area contributed by atoms with E-state index >= 15 is 0 Å². The van der Waals surface area contributed by atoms with E-state index in [0.29, 0.717) is 17.0 Å². The van der Waals surface area contributed by atoms with Gasteiger partial charge < -0.3 is 10.1 Å². The van der Waals surface area contributed by atoms with Crippen LogP contribution in [0.5, 0.6) is 5.75 Å². The van der Waals surface area contributed by atoms with Crippen molar-refractivity contribution in [2.24, 2.45) is 0 Å². The van der Waals surface area contributed by atoms with Crippen molar-refractivity contribution in [3.05, 3.63) is 59.7 Å². The van der Waals surface area contributed by atoms with Gasteiger partial charge >= 0.3 is 0 Å². The quantitative estimate of drug-likeness (QED) is 0.925. The monoisotopic (exact) mass is 266 g/mol. The van der Waals surface area contributed by atoms with Crippen LogP contribution in [0.15, 0.2) is 48.5 Å². The molecule has 0 saturated heterocycles. The number of nitrogens with zero attached hydrogens (tertiary/aromatic N) is 1. The molecule has 0 unspecified atom stereocenters. The highest BCUT2D eigenvalue weighted by Crippen LogP contribution is 2.18. The molecule has 0 saturated carbocycles. The Kier molecular flexibility index (Phi) is 4.35. The Morgan fingerprint density at radius 3 is 2.80 bits per heavy atom. The van der Waals surface area contributed by atoms with Crippen LogP contribution in [0.25, 0.3) is 0 Å². The van der Waals surface area contributed by atoms with E-state index in [-0.39, 0.29) is 12.3 Å². The Bertz CT molecular complexity index is 660. The van der Waals surface area contributed by atoms with E-state index in [4.69, 9.17) is 10.00 Å². The number of hydrogen-bond donors (Lipinski definition) is 1. The standard InChI is InChI=1S/C16H14N2O2/c1-20-15-8-3-2-6-13(15)10-16(19)18-14-7-4-5-12(9-14)11-17/h2-9H,10H2,1H3,(H,18,19). The number of benzene rings is 2. The van der Waals surface area contributed by atoms with Gasteiger partial charge in [-0.3, -0.25) is 4.79 Å². The SMILES string of the molecule is COc1ccccc1CC(=O)Nc1cccc(C#N)c1. The fraction of sp³-hybridized carbons (Fsp3) is 0.125. The van der Waals surface area contributed by atoms with Crippen LogP contribution < -0.4 is 10.1 Å². The first-order valence-electron chi connectivity index (χ1n) is 6.15. The lowest BCUT2D eigenvalue weighted by molar-refractivity contribution is -0.115. The Labute approximate surface area is 117 Å². The summed E-state index contributed by atoms with van der Waals surface area (Å²) in [7, 11) is 1.58. The van der Waals surface area contributed by atoms with Crippen LogP contribution in [0.2, 0.25) is 0 Å². The number of carbonyl (C=O) groups excluding carboxylic acids is 1. The fourth-order valence-corrected chi connectivity index (χ4v) is 1.89. The van der Waals surface area contributed by atoms with E-state index in [9.17, 15) is 4.79 Å². The lowest BCUT2D eigenvalue weighted by atomic mass is 10.1. The summed E-state index contributed by atoms with van der Waals surface area (Å²) < 4.78 is 5.21. The summed E-state index contributed by atoms with van der Waals surface area (Å²) in [5.41, 5.74) is 1.95. The summed E-state index contributed by atoms with van der Waals surface area (Å²) in [5, 5.41) is 11.6. The van der Waals surface area contributed by atoms with Crippen molar-refractivity contribution in [2.45, 2.75) is 6.42 Å². The molecule has 20 heavy (non-hydrogen) atoms. The summed E-state index contributed by atoms with van der Waals surface area (Å²) in [6, 6.07) is 16.2. The number of carbonyl (C=O) groups is 1. The second-order valence-corrected chi connectivity index (χ2v) is 4.23. The van der Waals surface area contributed by atoms with Gasteiger partial charge in [0.15, 0.2) is 0 Å². The minimum Gasteiger partial charge on any atom is -0.496 e. The van der Waals surface area contributed by atoms with Gasteiger partial charge in [0.1, 0.15) is 5.75 Å². The third-order valence-corrected chi connectivity index (χ3v) is 2.82. The summed E-state index contributed by atoms with van der Waals surface area (Å²) in [6.07, 6.45) is 0.223. The molecule has 4 nitrogen and oxygen atoms in total. The second kappa shape index (κ2) is 6.39. The average molecular weight is 266 g/mol. The van der Waals surface area contributed by atoms with Crippen molar-refractivity contribution in [1.29, 1.82) is 5.26 Å². The molecule has 0 fully saturated rings. The molecule has 0 aliphatic heterocycles. The second-order valence-electron chi connectivity index (χ2n) is 4.23. The number of nitriles is 1. The van der Waals surface area contributed by atoms with Gasteiger partial charge in [0.2, 0.25) is 5.91 Å². The highest BCUT2D eigenvalue weighted by Gasteiger charge is 2.08. The van der Waals surface area contributed by atoms with Crippen LogP contribution in [0.3, 0.4) is 0 Å². The van der Waals surface area contributed by atoms with Gasteiger partial charge in [-0.1, -0.05) is 24.3 Å². The number of anilines is 1. The lowest BCUT2D eigenvalue weighted by Crippen LogP contribution is -2.14. The van der Waals surface area contributed by atoms with Crippen LogP contribution in [-0.2, 0) is 11.2 Å². The number of ether oxygens (including phenoxy) is 1. The molecule has 0 aliphatic rings. The van der Waals surface area contributed by atoms with Crippen LogP contribution >= 0.6 is 0 Å². The molecule has 0 aliphatic carbocycles. The molecule has 1 amide bonds. The van der Waals surface area contributed by atoms with E-state index in [2.05, 4.69) is 5.32 Å². The zero-order chi connectivity index (χ0) is 14.4. The van der Waals surface area contributed by atoms with Gasteiger partial charge in [-0.2, -0.15) is 5.26 Å². The van der Waals surface area contributed by atoms with Crippen LogP contribution in [-0.4, -0.2) is 13.0 Å². The fourth-order valence-electron chi connectivity index (χ4n) is 1.89. The van der Waals surface area contributed by atoms with E-state index < -0.39 is 0 Å². The number of methoxy groups -OCH3 is 1. The maximum Gasteiger partial charge on any atom is 0.228 e. The number of amides is 1. The molecule has 0 radical (unpaired) electrons. The van der Waals surface area contributed by atoms with Crippen molar-refractivity contribution in [1.82, 2.24) is 0 Å². The molecule has 2 aromatic carbocycles. The molecule has 0 bridgehead atoms. The molecular formula is C16H14N2O2. The van der Waals surface area contributed by atoms with Crippen LogP contribution in [0.1, 0.15) is 11.1 Å². The highest BCUT2D eigenvalue weighted by molar-refractivity contribution is 5.92. The molecule has 1 N–H and O–H groups in total. The molecule has 0 spiro atoms. The smallest absolute Gasteiger partial charge is 0.228 e. The van der Waals surface area contributed by atoms with Crippen molar-refractivity contribution >= 4 is 11.6 Å². The van der Waals surface area contributed by atoms with Crippen molar-refractivity contribution in [2.75, 3.05) is 12.4 Å². The van der Waals surface area contributed by atoms with E-state index in [1.807, 2.05) is 30.3 Å². The molecule has 0 atom stereocenters. The van der Waals surface area contributed by atoms with Gasteiger partial charge in [-0.05, 0) is 24.3 Å². The third-order valence-electron chi connectivity index (χ3n) is 2.82. The predicted octanol–water partition coefficient (Wildman–Crippen LogP) is 2.75. The van der Waals surface area contributed by atoms with Crippen LogP contribution in [0, 0.1) is 11.3 Å². The Morgan fingerprint density at radius 2 is 2.05 bits per heavy atom. The zero-order valence-electron chi connectivity index (χ0n) is 11.1. The first-order chi connectivity index (χ1) is 9.72. The molecule has 2 aromatic rings. The van der Waals surface area contributed by atoms with Crippen LogP contribution in [0.4, 0.5) is 5.69 Å². The van der Waals surface area contributed by atoms with Crippen molar-refractivity contribution in [3.8, 4) is 11.8 Å². The number of para-hydroxylation sites is 1. The molecule has 2 rings (SSSR count). The number of nitrogens with one attached hydrogen (secondary N) is 1. The maximum absolute atomic E-state index is 12.0. The molecule has 0 heterocycles. The van der Waals surface area contributed by atoms with E-state index in [1.54, 1.807) is 31.4 Å².